The normalized spacial score (nSPS) is 12.7. The summed E-state index contributed by atoms with van der Waals surface area (Å²) < 4.78 is 0. The first-order valence-electron chi connectivity index (χ1n) is 6.40. The van der Waals surface area contributed by atoms with E-state index in [9.17, 15) is 0 Å². The lowest BCUT2D eigenvalue weighted by Crippen LogP contribution is -1.96. The fourth-order valence-electron chi connectivity index (χ4n) is 2.46. The average molecular weight is 287 g/mol. The van der Waals surface area contributed by atoms with Gasteiger partial charge < -0.3 is 0 Å². The van der Waals surface area contributed by atoms with E-state index in [0.29, 0.717) is 0 Å². The molecule has 0 bridgehead atoms. The Labute approximate surface area is 122 Å². The molecule has 96 valence electrons. The maximum Gasteiger partial charge on any atom is 0.0721 e. The average Bonchev–Trinajstić information content (AvgIpc) is 2.85. The Morgan fingerprint density at radius 1 is 1.05 bits per heavy atom. The largest absolute Gasteiger partial charge is 0.147 e. The summed E-state index contributed by atoms with van der Waals surface area (Å²) >= 11 is 8.35. The highest BCUT2D eigenvalue weighted by molar-refractivity contribution is 7.10. The summed E-state index contributed by atoms with van der Waals surface area (Å²) in [6.07, 6.45) is 0.879. The summed E-state index contributed by atoms with van der Waals surface area (Å²) in [4.78, 5) is 1.29. The van der Waals surface area contributed by atoms with E-state index in [-0.39, 0.29) is 5.38 Å². The summed E-state index contributed by atoms with van der Waals surface area (Å²) in [5.41, 5.74) is 2.62. The minimum absolute atomic E-state index is 0.0609. The molecule has 0 radical (unpaired) electrons. The van der Waals surface area contributed by atoms with E-state index >= 15 is 0 Å². The third-order valence-electron chi connectivity index (χ3n) is 3.47. The lowest BCUT2D eigenvalue weighted by molar-refractivity contribution is 0.940. The van der Waals surface area contributed by atoms with Crippen LogP contribution in [0.15, 0.2) is 53.9 Å². The molecule has 3 rings (SSSR count). The van der Waals surface area contributed by atoms with Gasteiger partial charge in [0, 0.05) is 4.88 Å². The van der Waals surface area contributed by atoms with Crippen molar-refractivity contribution >= 4 is 33.7 Å². The van der Waals surface area contributed by atoms with Crippen LogP contribution in [0.1, 0.15) is 21.4 Å². The van der Waals surface area contributed by atoms with Crippen LogP contribution in [-0.4, -0.2) is 0 Å². The molecule has 3 aromatic rings. The van der Waals surface area contributed by atoms with Crippen molar-refractivity contribution in [2.75, 3.05) is 0 Å². The van der Waals surface area contributed by atoms with Crippen LogP contribution >= 0.6 is 22.9 Å². The number of alkyl halides is 1. The Bertz CT molecular complexity index is 694. The summed E-state index contributed by atoms with van der Waals surface area (Å²) in [7, 11) is 0. The number of aryl methyl sites for hydroxylation is 1. The monoisotopic (exact) mass is 286 g/mol. The second kappa shape index (κ2) is 5.36. The van der Waals surface area contributed by atoms with Crippen LogP contribution in [0, 0.1) is 6.92 Å². The molecule has 0 aliphatic rings. The summed E-state index contributed by atoms with van der Waals surface area (Å²) in [5, 5.41) is 4.77. The van der Waals surface area contributed by atoms with Gasteiger partial charge >= 0.3 is 0 Å². The Balaban J connectivity index is 1.96. The second-order valence-electron chi connectivity index (χ2n) is 4.78. The van der Waals surface area contributed by atoms with Crippen LogP contribution < -0.4 is 0 Å². The van der Waals surface area contributed by atoms with Crippen LogP contribution in [0.2, 0.25) is 0 Å². The topological polar surface area (TPSA) is 0 Å². The molecule has 0 nitrogen and oxygen atoms in total. The van der Waals surface area contributed by atoms with E-state index in [0.717, 1.165) is 6.42 Å². The Morgan fingerprint density at radius 3 is 2.63 bits per heavy atom. The van der Waals surface area contributed by atoms with Crippen molar-refractivity contribution < 1.29 is 0 Å². The van der Waals surface area contributed by atoms with Gasteiger partial charge in [0.1, 0.15) is 0 Å². The lowest BCUT2D eigenvalue weighted by Gasteiger charge is -2.11. The number of hydrogen-bond donors (Lipinski definition) is 0. The van der Waals surface area contributed by atoms with Gasteiger partial charge in [-0.3, -0.25) is 0 Å². The highest BCUT2D eigenvalue weighted by Gasteiger charge is 2.14. The van der Waals surface area contributed by atoms with Gasteiger partial charge in [0.2, 0.25) is 0 Å². The van der Waals surface area contributed by atoms with Gasteiger partial charge in [0.25, 0.3) is 0 Å². The first-order chi connectivity index (χ1) is 9.25. The summed E-state index contributed by atoms with van der Waals surface area (Å²) in [5.74, 6) is 0. The number of rotatable bonds is 3. The van der Waals surface area contributed by atoms with E-state index in [1.807, 2.05) is 0 Å². The summed E-state index contributed by atoms with van der Waals surface area (Å²) in [6.45, 7) is 2.13. The number of halogens is 1. The molecule has 0 aliphatic heterocycles. The summed E-state index contributed by atoms with van der Waals surface area (Å²) in [6, 6.07) is 17.1. The SMILES string of the molecule is Cc1ccsc1C(Cl)Cc1cccc2ccccc12. The van der Waals surface area contributed by atoms with Crippen LogP contribution in [0.25, 0.3) is 10.8 Å². The molecule has 0 fully saturated rings. The molecule has 0 saturated heterocycles. The number of fused-ring (bicyclic) bond motifs is 1. The first-order valence-corrected chi connectivity index (χ1v) is 7.72. The van der Waals surface area contributed by atoms with E-state index in [1.165, 1.54) is 26.8 Å². The van der Waals surface area contributed by atoms with E-state index in [2.05, 4.69) is 60.8 Å². The Morgan fingerprint density at radius 2 is 1.84 bits per heavy atom. The van der Waals surface area contributed by atoms with Crippen molar-refractivity contribution in [3.8, 4) is 0 Å². The third-order valence-corrected chi connectivity index (χ3v) is 5.10. The molecule has 2 heteroatoms. The predicted molar refractivity (Wildman–Crippen MR) is 85.3 cm³/mol. The zero-order chi connectivity index (χ0) is 13.2. The molecular weight excluding hydrogens is 272 g/mol. The molecule has 0 N–H and O–H groups in total. The minimum Gasteiger partial charge on any atom is -0.147 e. The molecular formula is C17H15ClS. The maximum atomic E-state index is 6.60. The molecule has 0 spiro atoms. The van der Waals surface area contributed by atoms with Crippen LogP contribution in [0.3, 0.4) is 0 Å². The molecule has 2 aromatic carbocycles. The molecule has 1 aromatic heterocycles. The highest BCUT2D eigenvalue weighted by atomic mass is 35.5. The van der Waals surface area contributed by atoms with Gasteiger partial charge in [0.15, 0.2) is 0 Å². The van der Waals surface area contributed by atoms with E-state index in [4.69, 9.17) is 11.6 Å². The van der Waals surface area contributed by atoms with E-state index < -0.39 is 0 Å². The predicted octanol–water partition coefficient (Wildman–Crippen LogP) is 5.73. The standard InChI is InChI=1S/C17H15ClS/c1-12-9-10-19-17(12)16(18)11-14-7-4-6-13-5-2-3-8-15(13)14/h2-10,16H,11H2,1H3. The van der Waals surface area contributed by atoms with Gasteiger partial charge in [-0.15, -0.1) is 22.9 Å². The van der Waals surface area contributed by atoms with Crippen LogP contribution in [0.5, 0.6) is 0 Å². The first kappa shape index (κ1) is 12.7. The molecule has 0 aliphatic carbocycles. The van der Waals surface area contributed by atoms with Gasteiger partial charge in [-0.2, -0.15) is 0 Å². The smallest absolute Gasteiger partial charge is 0.0721 e. The van der Waals surface area contributed by atoms with Crippen molar-refractivity contribution in [1.29, 1.82) is 0 Å². The fourth-order valence-corrected chi connectivity index (χ4v) is 3.86. The lowest BCUT2D eigenvalue weighted by atomic mass is 10.00. The van der Waals surface area contributed by atoms with Gasteiger partial charge in [-0.05, 0) is 46.7 Å². The van der Waals surface area contributed by atoms with E-state index in [1.54, 1.807) is 11.3 Å². The van der Waals surface area contributed by atoms with Gasteiger partial charge in [-0.25, -0.2) is 0 Å². The zero-order valence-electron chi connectivity index (χ0n) is 10.8. The Kier molecular flexibility index (Phi) is 3.58. The maximum absolute atomic E-state index is 6.60. The minimum atomic E-state index is 0.0609. The van der Waals surface area contributed by atoms with Gasteiger partial charge in [0.05, 0.1) is 5.38 Å². The van der Waals surface area contributed by atoms with Crippen LogP contribution in [0.4, 0.5) is 0 Å². The van der Waals surface area contributed by atoms with Crippen molar-refractivity contribution in [2.45, 2.75) is 18.7 Å². The highest BCUT2D eigenvalue weighted by Crippen LogP contribution is 2.33. The van der Waals surface area contributed by atoms with Crippen molar-refractivity contribution in [3.05, 3.63) is 69.9 Å². The van der Waals surface area contributed by atoms with Crippen LogP contribution in [-0.2, 0) is 6.42 Å². The Hall–Kier alpha value is -1.31. The number of benzene rings is 2. The molecule has 0 saturated carbocycles. The number of hydrogen-bond acceptors (Lipinski definition) is 1. The fraction of sp³-hybridized carbons (Fsp3) is 0.176. The third kappa shape index (κ3) is 2.54. The van der Waals surface area contributed by atoms with Crippen molar-refractivity contribution in [3.63, 3.8) is 0 Å². The molecule has 1 atom stereocenters. The number of thiophene rings is 1. The molecule has 19 heavy (non-hydrogen) atoms. The van der Waals surface area contributed by atoms with Crippen molar-refractivity contribution in [1.82, 2.24) is 0 Å². The second-order valence-corrected chi connectivity index (χ2v) is 6.25. The van der Waals surface area contributed by atoms with Gasteiger partial charge in [-0.1, -0.05) is 42.5 Å². The quantitative estimate of drug-likeness (QED) is 0.539. The zero-order valence-corrected chi connectivity index (χ0v) is 12.3. The molecule has 0 amide bonds. The van der Waals surface area contributed by atoms with Crippen molar-refractivity contribution in [2.24, 2.45) is 0 Å². The molecule has 1 heterocycles. The molecule has 1 unspecified atom stereocenters.